The number of hydrogen-bond acceptors (Lipinski definition) is 7. The Morgan fingerprint density at radius 1 is 1.05 bits per heavy atom. The lowest BCUT2D eigenvalue weighted by Gasteiger charge is -2.35. The first-order chi connectivity index (χ1) is 18.2. The summed E-state index contributed by atoms with van der Waals surface area (Å²) in [4.78, 5) is 52.8. The van der Waals surface area contributed by atoms with Crippen molar-refractivity contribution < 1.29 is 28.6 Å². The molecule has 0 unspecified atom stereocenters. The van der Waals surface area contributed by atoms with Crippen LogP contribution in [-0.4, -0.2) is 65.0 Å². The summed E-state index contributed by atoms with van der Waals surface area (Å²) in [6, 6.07) is 11.2. The van der Waals surface area contributed by atoms with E-state index in [0.29, 0.717) is 43.2 Å². The lowest BCUT2D eigenvalue weighted by molar-refractivity contribution is -0.151. The van der Waals surface area contributed by atoms with Crippen molar-refractivity contribution in [1.29, 1.82) is 0 Å². The molecule has 1 N–H and O–H groups in total. The molecule has 1 aromatic heterocycles. The maximum atomic E-state index is 13.5. The van der Waals surface area contributed by atoms with Crippen molar-refractivity contribution in [1.82, 2.24) is 9.47 Å². The first-order valence-electron chi connectivity index (χ1n) is 12.2. The number of hydrogen-bond donors (Lipinski definition) is 1. The van der Waals surface area contributed by atoms with E-state index in [1.807, 2.05) is 6.07 Å². The van der Waals surface area contributed by atoms with Crippen LogP contribution in [0.2, 0.25) is 0 Å². The number of amides is 1. The fraction of sp³-hybridized carbons (Fsp3) is 0.286. The second-order valence-corrected chi connectivity index (χ2v) is 8.94. The Hall–Kier alpha value is -4.47. The molecule has 10 heteroatoms. The van der Waals surface area contributed by atoms with E-state index in [4.69, 9.17) is 0 Å². The predicted molar refractivity (Wildman–Crippen MR) is 140 cm³/mol. The van der Waals surface area contributed by atoms with Crippen LogP contribution in [0.5, 0.6) is 0 Å². The first kappa shape index (κ1) is 26.6. The molecule has 4 rings (SSSR count). The Labute approximate surface area is 218 Å². The highest BCUT2D eigenvalue weighted by molar-refractivity contribution is 6.39. The molecule has 0 atom stereocenters. The van der Waals surface area contributed by atoms with Gasteiger partial charge in [0.15, 0.2) is 5.43 Å². The molecule has 1 aliphatic heterocycles. The average Bonchev–Trinajstić information content (AvgIpc) is 2.91. The fourth-order valence-electron chi connectivity index (χ4n) is 4.42. The fourth-order valence-corrected chi connectivity index (χ4v) is 4.42. The number of aliphatic hydroxyl groups is 1. The molecule has 0 spiro atoms. The van der Waals surface area contributed by atoms with E-state index in [9.17, 15) is 28.7 Å². The third kappa shape index (κ3) is 5.74. The van der Waals surface area contributed by atoms with Crippen LogP contribution in [0.25, 0.3) is 16.7 Å². The number of benzene rings is 2. The zero-order valence-corrected chi connectivity index (χ0v) is 21.1. The van der Waals surface area contributed by atoms with Gasteiger partial charge in [-0.3, -0.25) is 14.4 Å². The number of pyridine rings is 1. The van der Waals surface area contributed by atoms with Gasteiger partial charge in [-0.2, -0.15) is 0 Å². The van der Waals surface area contributed by atoms with Crippen molar-refractivity contribution >= 4 is 40.0 Å². The Balaban J connectivity index is 1.78. The molecule has 0 radical (unpaired) electrons. The van der Waals surface area contributed by atoms with Crippen molar-refractivity contribution in [2.24, 2.45) is 0 Å². The summed E-state index contributed by atoms with van der Waals surface area (Å²) in [5.74, 6) is -3.25. The van der Waals surface area contributed by atoms with E-state index >= 15 is 0 Å². The van der Waals surface area contributed by atoms with Gasteiger partial charge in [-0.15, -0.1) is 0 Å². The first-order valence-corrected chi connectivity index (χ1v) is 12.2. The van der Waals surface area contributed by atoms with E-state index in [0.717, 1.165) is 11.3 Å². The number of piperazine rings is 1. The van der Waals surface area contributed by atoms with Crippen LogP contribution in [0.4, 0.5) is 10.1 Å². The summed E-state index contributed by atoms with van der Waals surface area (Å²) in [7, 11) is 0. The number of halogens is 1. The quantitative estimate of drug-likeness (QED) is 0.220. The minimum Gasteiger partial charge on any atom is -0.507 e. The van der Waals surface area contributed by atoms with Crippen LogP contribution in [0.3, 0.4) is 0 Å². The molecule has 1 saturated heterocycles. The molecular formula is C28H28FN3O6. The van der Waals surface area contributed by atoms with Gasteiger partial charge in [-0.1, -0.05) is 12.1 Å². The topological polar surface area (TPSA) is 109 Å². The number of ketones is 1. The van der Waals surface area contributed by atoms with Crippen molar-refractivity contribution in [2.45, 2.75) is 20.4 Å². The third-order valence-electron chi connectivity index (χ3n) is 6.44. The Bertz CT molecular complexity index is 1470. The number of carbonyl (C=O) groups excluding carboxylic acids is 3. The summed E-state index contributed by atoms with van der Waals surface area (Å²) in [5.41, 5.74) is 1.49. The highest BCUT2D eigenvalue weighted by atomic mass is 19.1. The average molecular weight is 522 g/mol. The predicted octanol–water partition coefficient (Wildman–Crippen LogP) is 2.89. The lowest BCUT2D eigenvalue weighted by Crippen LogP contribution is -2.48. The van der Waals surface area contributed by atoms with Gasteiger partial charge >= 0.3 is 5.97 Å². The maximum Gasteiger partial charge on any atom is 0.379 e. The number of rotatable bonds is 7. The van der Waals surface area contributed by atoms with Crippen LogP contribution >= 0.6 is 0 Å². The molecule has 1 fully saturated rings. The second kappa shape index (κ2) is 11.3. The van der Waals surface area contributed by atoms with E-state index in [1.165, 1.54) is 18.3 Å². The molecule has 1 amide bonds. The highest BCUT2D eigenvalue weighted by Crippen LogP contribution is 2.24. The summed E-state index contributed by atoms with van der Waals surface area (Å²) < 4.78 is 19.9. The van der Waals surface area contributed by atoms with E-state index in [1.54, 1.807) is 47.6 Å². The molecule has 198 valence electrons. The smallest absolute Gasteiger partial charge is 0.379 e. The van der Waals surface area contributed by atoms with Gasteiger partial charge in [-0.05, 0) is 42.8 Å². The van der Waals surface area contributed by atoms with Gasteiger partial charge < -0.3 is 24.2 Å². The minimum absolute atomic E-state index is 0.00817. The van der Waals surface area contributed by atoms with Crippen molar-refractivity contribution in [2.75, 3.05) is 37.7 Å². The van der Waals surface area contributed by atoms with E-state index in [-0.39, 0.29) is 30.4 Å². The summed E-state index contributed by atoms with van der Waals surface area (Å²) >= 11 is 0. The number of carbonyl (C=O) groups is 3. The SMILES string of the molecule is CCOC(=O)C(=O)C=C(O)c1cn(Cc2ccc(F)cc2)c2cc(N3CCN(C(C)=O)CC3)ccc2c1=O. The van der Waals surface area contributed by atoms with Gasteiger partial charge in [0.1, 0.15) is 11.6 Å². The van der Waals surface area contributed by atoms with E-state index in [2.05, 4.69) is 9.64 Å². The number of aromatic nitrogens is 1. The van der Waals surface area contributed by atoms with Crippen molar-refractivity contribution in [3.05, 3.63) is 81.9 Å². The van der Waals surface area contributed by atoms with Gasteiger partial charge in [-0.25, -0.2) is 9.18 Å². The number of esters is 1. The lowest BCUT2D eigenvalue weighted by atomic mass is 10.1. The summed E-state index contributed by atoms with van der Waals surface area (Å²) in [5, 5.41) is 10.9. The standard InChI is InChI=1S/C28H28FN3O6/c1-3-38-28(37)26(35)15-25(34)23-17-32(16-19-4-6-20(29)7-5-19)24-14-21(8-9-22(24)27(23)36)31-12-10-30(11-13-31)18(2)33/h4-9,14-15,17,34H,3,10-13,16H2,1-2H3. The Morgan fingerprint density at radius 2 is 1.74 bits per heavy atom. The molecule has 2 aromatic carbocycles. The largest absolute Gasteiger partial charge is 0.507 e. The number of ether oxygens (including phenoxy) is 1. The van der Waals surface area contributed by atoms with Crippen molar-refractivity contribution in [3.63, 3.8) is 0 Å². The zero-order valence-electron chi connectivity index (χ0n) is 21.1. The Kier molecular flexibility index (Phi) is 7.90. The van der Waals surface area contributed by atoms with Crippen LogP contribution in [0.15, 0.2) is 59.5 Å². The van der Waals surface area contributed by atoms with Crippen LogP contribution in [-0.2, 0) is 25.7 Å². The van der Waals surface area contributed by atoms with Crippen LogP contribution in [0.1, 0.15) is 25.0 Å². The molecule has 0 bridgehead atoms. The molecule has 3 aromatic rings. The summed E-state index contributed by atoms with van der Waals surface area (Å²) in [6.07, 6.45) is 2.08. The van der Waals surface area contributed by atoms with Gasteiger partial charge in [0.25, 0.3) is 5.78 Å². The van der Waals surface area contributed by atoms with Crippen molar-refractivity contribution in [3.8, 4) is 0 Å². The summed E-state index contributed by atoms with van der Waals surface area (Å²) in [6.45, 7) is 5.75. The molecule has 0 aliphatic carbocycles. The van der Waals surface area contributed by atoms with Crippen LogP contribution < -0.4 is 10.3 Å². The maximum absolute atomic E-state index is 13.5. The number of fused-ring (bicyclic) bond motifs is 1. The number of aliphatic hydroxyl groups excluding tert-OH is 1. The molecule has 38 heavy (non-hydrogen) atoms. The van der Waals surface area contributed by atoms with Gasteiger partial charge in [0, 0.05) is 63.0 Å². The number of anilines is 1. The zero-order chi connectivity index (χ0) is 27.4. The molecule has 0 saturated carbocycles. The molecule has 1 aliphatic rings. The highest BCUT2D eigenvalue weighted by Gasteiger charge is 2.21. The third-order valence-corrected chi connectivity index (χ3v) is 6.44. The molecular weight excluding hydrogens is 493 g/mol. The van der Waals surface area contributed by atoms with E-state index < -0.39 is 22.9 Å². The number of nitrogens with zero attached hydrogens (tertiary/aromatic N) is 3. The normalized spacial score (nSPS) is 14.0. The molecule has 2 heterocycles. The Morgan fingerprint density at radius 3 is 2.37 bits per heavy atom. The van der Waals surface area contributed by atoms with Gasteiger partial charge in [0.2, 0.25) is 5.91 Å². The monoisotopic (exact) mass is 521 g/mol. The van der Waals surface area contributed by atoms with Crippen LogP contribution in [0, 0.1) is 5.82 Å². The molecule has 9 nitrogen and oxygen atoms in total. The minimum atomic E-state index is -1.14. The second-order valence-electron chi connectivity index (χ2n) is 8.94. The van der Waals surface area contributed by atoms with Gasteiger partial charge in [0.05, 0.1) is 17.7 Å².